The molecule has 0 unspecified atom stereocenters. The lowest BCUT2D eigenvalue weighted by Crippen LogP contribution is -2.22. The predicted molar refractivity (Wildman–Crippen MR) is 86.3 cm³/mol. The fourth-order valence-corrected chi connectivity index (χ4v) is 2.14. The second-order valence-corrected chi connectivity index (χ2v) is 5.13. The molecule has 0 fully saturated rings. The van der Waals surface area contributed by atoms with E-state index < -0.39 is 0 Å². The van der Waals surface area contributed by atoms with E-state index in [1.165, 1.54) is 38.5 Å². The van der Waals surface area contributed by atoms with Crippen LogP contribution in [0.5, 0.6) is 0 Å². The van der Waals surface area contributed by atoms with Crippen molar-refractivity contribution in [3.8, 4) is 0 Å². The van der Waals surface area contributed by atoms with Gasteiger partial charge in [0.2, 0.25) is 0 Å². The highest BCUT2D eigenvalue weighted by atomic mass is 16.1. The van der Waals surface area contributed by atoms with Crippen molar-refractivity contribution in [2.75, 3.05) is 18.4 Å². The van der Waals surface area contributed by atoms with Crippen molar-refractivity contribution in [2.45, 2.75) is 52.4 Å². The second kappa shape index (κ2) is 10.3. The molecule has 0 atom stereocenters. The Morgan fingerprint density at radius 2 is 1.60 bits per heavy atom. The fourth-order valence-electron chi connectivity index (χ4n) is 2.14. The first-order chi connectivity index (χ1) is 9.77. The number of hydrogen-bond donors (Lipinski definition) is 2. The molecule has 0 heterocycles. The van der Waals surface area contributed by atoms with E-state index in [-0.39, 0.29) is 5.91 Å². The highest BCUT2D eigenvalue weighted by Gasteiger charge is 2.02. The van der Waals surface area contributed by atoms with Crippen molar-refractivity contribution < 1.29 is 4.79 Å². The molecule has 1 aromatic carbocycles. The molecule has 3 nitrogen and oxygen atoms in total. The molecular formula is C17H28N2O. The van der Waals surface area contributed by atoms with Crippen LogP contribution in [0, 0.1) is 0 Å². The van der Waals surface area contributed by atoms with E-state index in [9.17, 15) is 4.79 Å². The third kappa shape index (κ3) is 6.60. The number of hydrogen-bond acceptors (Lipinski definition) is 2. The molecule has 0 aliphatic carbocycles. The molecule has 3 heteroatoms. The van der Waals surface area contributed by atoms with Crippen molar-refractivity contribution in [3.05, 3.63) is 29.8 Å². The summed E-state index contributed by atoms with van der Waals surface area (Å²) in [5.41, 5.74) is 1.81. The average Bonchev–Trinajstić information content (AvgIpc) is 2.47. The van der Waals surface area contributed by atoms with E-state index >= 15 is 0 Å². The van der Waals surface area contributed by atoms with Gasteiger partial charge in [0, 0.05) is 24.3 Å². The van der Waals surface area contributed by atoms with Gasteiger partial charge in [0.15, 0.2) is 0 Å². The van der Waals surface area contributed by atoms with Gasteiger partial charge in [-0.05, 0) is 37.6 Å². The number of rotatable bonds is 10. The standard InChI is InChI=1S/C17H28N2O/c1-3-5-6-7-8-9-14-19-16-12-10-15(11-13-16)17(20)18-4-2/h10-13,19H,3-9,14H2,1-2H3,(H,18,20). The summed E-state index contributed by atoms with van der Waals surface area (Å²) in [6.45, 7) is 5.84. The monoisotopic (exact) mass is 276 g/mol. The van der Waals surface area contributed by atoms with Crippen molar-refractivity contribution in [1.82, 2.24) is 5.32 Å². The number of anilines is 1. The van der Waals surface area contributed by atoms with Gasteiger partial charge in [-0.25, -0.2) is 0 Å². The molecule has 1 amide bonds. The summed E-state index contributed by atoms with van der Waals surface area (Å²) in [6, 6.07) is 7.69. The van der Waals surface area contributed by atoms with Crippen LogP contribution in [0.2, 0.25) is 0 Å². The highest BCUT2D eigenvalue weighted by Crippen LogP contribution is 2.10. The Bertz CT molecular complexity index is 373. The van der Waals surface area contributed by atoms with E-state index in [2.05, 4.69) is 17.6 Å². The molecule has 1 aromatic rings. The molecule has 0 radical (unpaired) electrons. The lowest BCUT2D eigenvalue weighted by atomic mass is 10.1. The van der Waals surface area contributed by atoms with E-state index in [1.807, 2.05) is 31.2 Å². The van der Waals surface area contributed by atoms with Gasteiger partial charge in [0.1, 0.15) is 0 Å². The zero-order valence-electron chi connectivity index (χ0n) is 12.9. The molecule has 0 saturated carbocycles. The quantitative estimate of drug-likeness (QED) is 0.629. The van der Waals surface area contributed by atoms with Crippen molar-refractivity contribution >= 4 is 11.6 Å². The summed E-state index contributed by atoms with van der Waals surface area (Å²) < 4.78 is 0. The van der Waals surface area contributed by atoms with Gasteiger partial charge >= 0.3 is 0 Å². The van der Waals surface area contributed by atoms with Crippen LogP contribution in [-0.4, -0.2) is 19.0 Å². The molecule has 0 spiro atoms. The van der Waals surface area contributed by atoms with Gasteiger partial charge in [-0.1, -0.05) is 39.0 Å². The second-order valence-electron chi connectivity index (χ2n) is 5.13. The number of benzene rings is 1. The largest absolute Gasteiger partial charge is 0.385 e. The number of carbonyl (C=O) groups is 1. The number of amides is 1. The van der Waals surface area contributed by atoms with Crippen LogP contribution in [0.25, 0.3) is 0 Å². The zero-order chi connectivity index (χ0) is 14.6. The topological polar surface area (TPSA) is 41.1 Å². The minimum absolute atomic E-state index is 0.00465. The number of carbonyl (C=O) groups excluding carboxylic acids is 1. The maximum atomic E-state index is 11.6. The van der Waals surface area contributed by atoms with Crippen LogP contribution in [-0.2, 0) is 0 Å². The van der Waals surface area contributed by atoms with E-state index in [1.54, 1.807) is 0 Å². The zero-order valence-corrected chi connectivity index (χ0v) is 12.9. The Labute approximate surface area is 123 Å². The average molecular weight is 276 g/mol. The Balaban J connectivity index is 2.20. The van der Waals surface area contributed by atoms with Crippen LogP contribution >= 0.6 is 0 Å². The highest BCUT2D eigenvalue weighted by molar-refractivity contribution is 5.94. The molecule has 20 heavy (non-hydrogen) atoms. The Kier molecular flexibility index (Phi) is 8.52. The minimum Gasteiger partial charge on any atom is -0.385 e. The Morgan fingerprint density at radius 1 is 0.950 bits per heavy atom. The van der Waals surface area contributed by atoms with Crippen LogP contribution in [0.3, 0.4) is 0 Å². The van der Waals surface area contributed by atoms with Crippen molar-refractivity contribution in [3.63, 3.8) is 0 Å². The van der Waals surface area contributed by atoms with Crippen LogP contribution in [0.4, 0.5) is 5.69 Å². The molecule has 1 rings (SSSR count). The molecule has 0 bridgehead atoms. The van der Waals surface area contributed by atoms with Crippen molar-refractivity contribution in [1.29, 1.82) is 0 Å². The van der Waals surface area contributed by atoms with Gasteiger partial charge in [-0.2, -0.15) is 0 Å². The lowest BCUT2D eigenvalue weighted by molar-refractivity contribution is 0.0956. The summed E-state index contributed by atoms with van der Waals surface area (Å²) in [4.78, 5) is 11.6. The van der Waals surface area contributed by atoms with E-state index in [0.29, 0.717) is 6.54 Å². The maximum Gasteiger partial charge on any atom is 0.251 e. The first kappa shape index (κ1) is 16.5. The number of nitrogens with one attached hydrogen (secondary N) is 2. The van der Waals surface area contributed by atoms with Gasteiger partial charge < -0.3 is 10.6 Å². The molecule has 2 N–H and O–H groups in total. The number of unbranched alkanes of at least 4 members (excludes halogenated alkanes) is 5. The lowest BCUT2D eigenvalue weighted by Gasteiger charge is -2.07. The SMILES string of the molecule is CCCCCCCCNc1ccc(C(=O)NCC)cc1. The summed E-state index contributed by atoms with van der Waals surface area (Å²) in [6.07, 6.45) is 7.86. The van der Waals surface area contributed by atoms with Crippen LogP contribution in [0.1, 0.15) is 62.7 Å². The molecular weight excluding hydrogens is 248 g/mol. The molecule has 0 aliphatic rings. The third-order valence-corrected chi connectivity index (χ3v) is 3.34. The van der Waals surface area contributed by atoms with E-state index in [0.717, 1.165) is 17.8 Å². The molecule has 0 aliphatic heterocycles. The smallest absolute Gasteiger partial charge is 0.251 e. The van der Waals surface area contributed by atoms with Crippen LogP contribution in [0.15, 0.2) is 24.3 Å². The van der Waals surface area contributed by atoms with Crippen molar-refractivity contribution in [2.24, 2.45) is 0 Å². The van der Waals surface area contributed by atoms with E-state index in [4.69, 9.17) is 0 Å². The molecule has 112 valence electrons. The summed E-state index contributed by atoms with van der Waals surface area (Å²) in [5, 5.41) is 6.20. The van der Waals surface area contributed by atoms with Gasteiger partial charge in [0.25, 0.3) is 5.91 Å². The normalized spacial score (nSPS) is 10.3. The third-order valence-electron chi connectivity index (χ3n) is 3.34. The molecule has 0 saturated heterocycles. The maximum absolute atomic E-state index is 11.6. The summed E-state index contributed by atoms with van der Waals surface area (Å²) in [7, 11) is 0. The Hall–Kier alpha value is -1.51. The van der Waals surface area contributed by atoms with Gasteiger partial charge in [-0.3, -0.25) is 4.79 Å². The summed E-state index contributed by atoms with van der Waals surface area (Å²) >= 11 is 0. The summed E-state index contributed by atoms with van der Waals surface area (Å²) in [5.74, 6) is -0.00465. The Morgan fingerprint density at radius 3 is 2.25 bits per heavy atom. The molecule has 0 aromatic heterocycles. The van der Waals surface area contributed by atoms with Gasteiger partial charge in [0.05, 0.1) is 0 Å². The fraction of sp³-hybridized carbons (Fsp3) is 0.588. The van der Waals surface area contributed by atoms with Gasteiger partial charge in [-0.15, -0.1) is 0 Å². The van der Waals surface area contributed by atoms with Crippen LogP contribution < -0.4 is 10.6 Å². The first-order valence-corrected chi connectivity index (χ1v) is 7.90. The predicted octanol–water partition coefficient (Wildman–Crippen LogP) is 4.21. The first-order valence-electron chi connectivity index (χ1n) is 7.90. The minimum atomic E-state index is -0.00465.